The number of aromatic nitrogens is 4. The van der Waals surface area contributed by atoms with Crippen molar-refractivity contribution < 1.29 is 4.79 Å². The van der Waals surface area contributed by atoms with E-state index in [4.69, 9.17) is 0 Å². The van der Waals surface area contributed by atoms with E-state index in [1.807, 2.05) is 11.0 Å². The van der Waals surface area contributed by atoms with Gasteiger partial charge in [0.1, 0.15) is 6.04 Å². The van der Waals surface area contributed by atoms with Crippen molar-refractivity contribution in [3.05, 3.63) is 36.4 Å². The highest BCUT2D eigenvalue weighted by molar-refractivity contribution is 5.85. The Bertz CT molecular complexity index is 556. The molecule has 1 aliphatic rings. The number of amides is 1. The largest absolute Gasteiger partial charge is 0.349 e. The molecule has 0 aliphatic carbocycles. The van der Waals surface area contributed by atoms with Crippen LogP contribution in [0.15, 0.2) is 30.7 Å². The molecule has 0 saturated carbocycles. The lowest BCUT2D eigenvalue weighted by molar-refractivity contribution is -0.122. The fourth-order valence-corrected chi connectivity index (χ4v) is 2.40. The van der Waals surface area contributed by atoms with Gasteiger partial charge in [-0.1, -0.05) is 0 Å². The number of carbonyl (C=O) groups is 1. The van der Waals surface area contributed by atoms with Crippen molar-refractivity contribution in [3.63, 3.8) is 0 Å². The maximum absolute atomic E-state index is 12.3. The van der Waals surface area contributed by atoms with Crippen LogP contribution in [0.25, 0.3) is 0 Å². The van der Waals surface area contributed by atoms with E-state index in [1.54, 1.807) is 24.7 Å². The van der Waals surface area contributed by atoms with E-state index in [1.165, 1.54) is 0 Å². The Hall–Kier alpha value is -2.44. The molecule has 1 unspecified atom stereocenters. The molecule has 0 radical (unpaired) electrons. The van der Waals surface area contributed by atoms with Crippen LogP contribution in [0, 0.1) is 0 Å². The summed E-state index contributed by atoms with van der Waals surface area (Å²) in [6, 6.07) is 3.42. The minimum absolute atomic E-state index is 0.00422. The number of hydrogen-bond acceptors (Lipinski definition) is 5. The molecule has 3 rings (SSSR count). The zero-order valence-corrected chi connectivity index (χ0v) is 11.0. The normalized spacial score (nSPS) is 18.2. The number of hydrogen-bond donors (Lipinski definition) is 2. The third kappa shape index (κ3) is 2.61. The molecule has 3 heterocycles. The van der Waals surface area contributed by atoms with Gasteiger partial charge in [-0.15, -0.1) is 0 Å². The van der Waals surface area contributed by atoms with Crippen molar-refractivity contribution in [1.82, 2.24) is 25.5 Å². The molecule has 1 saturated heterocycles. The second-order valence-corrected chi connectivity index (χ2v) is 4.70. The Morgan fingerprint density at radius 1 is 1.40 bits per heavy atom. The molecular formula is C13H16N6O. The summed E-state index contributed by atoms with van der Waals surface area (Å²) >= 11 is 0. The molecular weight excluding hydrogens is 256 g/mol. The molecule has 7 heteroatoms. The second-order valence-electron chi connectivity index (χ2n) is 4.70. The highest BCUT2D eigenvalue weighted by atomic mass is 16.2. The Morgan fingerprint density at radius 2 is 2.25 bits per heavy atom. The van der Waals surface area contributed by atoms with Crippen LogP contribution in [0.3, 0.4) is 0 Å². The molecule has 1 atom stereocenters. The van der Waals surface area contributed by atoms with E-state index in [2.05, 4.69) is 25.5 Å². The fourth-order valence-electron chi connectivity index (χ4n) is 2.40. The second kappa shape index (κ2) is 5.68. The van der Waals surface area contributed by atoms with Gasteiger partial charge >= 0.3 is 0 Å². The highest BCUT2D eigenvalue weighted by Gasteiger charge is 2.32. The molecule has 20 heavy (non-hydrogen) atoms. The first-order chi connectivity index (χ1) is 9.84. The number of aromatic amines is 1. The summed E-state index contributed by atoms with van der Waals surface area (Å²) in [5, 5.41) is 9.60. The summed E-state index contributed by atoms with van der Waals surface area (Å²) in [7, 11) is 0. The Balaban J connectivity index is 1.64. The van der Waals surface area contributed by atoms with E-state index in [-0.39, 0.29) is 11.9 Å². The van der Waals surface area contributed by atoms with E-state index in [0.29, 0.717) is 12.5 Å². The molecule has 0 aromatic carbocycles. The lowest BCUT2D eigenvalue weighted by Gasteiger charge is -2.23. The molecule has 7 nitrogen and oxygen atoms in total. The summed E-state index contributed by atoms with van der Waals surface area (Å²) in [4.78, 5) is 22.7. The number of carbonyl (C=O) groups excluding carboxylic acids is 1. The quantitative estimate of drug-likeness (QED) is 0.845. The van der Waals surface area contributed by atoms with Crippen LogP contribution < -0.4 is 10.2 Å². The maximum Gasteiger partial charge on any atom is 0.243 e. The topological polar surface area (TPSA) is 86.8 Å². The van der Waals surface area contributed by atoms with Crippen molar-refractivity contribution >= 4 is 11.9 Å². The van der Waals surface area contributed by atoms with E-state index < -0.39 is 0 Å². The minimum Gasteiger partial charge on any atom is -0.349 e. The molecule has 0 spiro atoms. The molecule has 104 valence electrons. The standard InChI is InChI=1S/C13H16N6O/c20-12(16-9-10-4-7-17-18-10)11-3-1-8-19(11)13-14-5-2-6-15-13/h2,4-7,11H,1,3,8-9H2,(H,16,20)(H,17,18). The van der Waals surface area contributed by atoms with E-state index in [9.17, 15) is 4.79 Å². The van der Waals surface area contributed by atoms with Crippen molar-refractivity contribution in [1.29, 1.82) is 0 Å². The summed E-state index contributed by atoms with van der Waals surface area (Å²) < 4.78 is 0. The first-order valence-electron chi connectivity index (χ1n) is 6.64. The van der Waals surface area contributed by atoms with Gasteiger partial charge in [-0.25, -0.2) is 9.97 Å². The van der Waals surface area contributed by atoms with Gasteiger partial charge in [-0.3, -0.25) is 9.89 Å². The molecule has 1 amide bonds. The lowest BCUT2D eigenvalue weighted by atomic mass is 10.2. The molecule has 2 aromatic heterocycles. The third-order valence-corrected chi connectivity index (χ3v) is 3.38. The molecule has 0 bridgehead atoms. The minimum atomic E-state index is -0.194. The zero-order valence-electron chi connectivity index (χ0n) is 11.0. The van der Waals surface area contributed by atoms with Crippen molar-refractivity contribution in [2.45, 2.75) is 25.4 Å². The molecule has 2 N–H and O–H groups in total. The predicted octanol–water partition coefficient (Wildman–Crippen LogP) is 0.485. The van der Waals surface area contributed by atoms with Gasteiger partial charge in [-0.2, -0.15) is 5.10 Å². The van der Waals surface area contributed by atoms with Crippen LogP contribution in [0.2, 0.25) is 0 Å². The molecule has 1 fully saturated rings. The summed E-state index contributed by atoms with van der Waals surface area (Å²) in [6.45, 7) is 1.27. The monoisotopic (exact) mass is 272 g/mol. The average molecular weight is 272 g/mol. The zero-order chi connectivity index (χ0) is 13.8. The van der Waals surface area contributed by atoms with Crippen molar-refractivity contribution in [2.24, 2.45) is 0 Å². The van der Waals surface area contributed by atoms with E-state index >= 15 is 0 Å². The van der Waals surface area contributed by atoms with Gasteiger partial charge in [0, 0.05) is 25.1 Å². The van der Waals surface area contributed by atoms with Crippen LogP contribution in [-0.4, -0.2) is 38.7 Å². The van der Waals surface area contributed by atoms with Gasteiger partial charge in [0.15, 0.2) is 0 Å². The number of nitrogens with one attached hydrogen (secondary N) is 2. The lowest BCUT2D eigenvalue weighted by Crippen LogP contribution is -2.43. The molecule has 2 aromatic rings. The van der Waals surface area contributed by atoms with E-state index in [0.717, 1.165) is 25.1 Å². The number of nitrogens with zero attached hydrogens (tertiary/aromatic N) is 4. The summed E-state index contributed by atoms with van der Waals surface area (Å²) in [5.41, 5.74) is 0.888. The van der Waals surface area contributed by atoms with Crippen molar-refractivity contribution in [2.75, 3.05) is 11.4 Å². The van der Waals surface area contributed by atoms with Crippen LogP contribution in [-0.2, 0) is 11.3 Å². The first-order valence-corrected chi connectivity index (χ1v) is 6.64. The Kier molecular flexibility index (Phi) is 3.58. The van der Waals surface area contributed by atoms with Crippen molar-refractivity contribution in [3.8, 4) is 0 Å². The number of rotatable bonds is 4. The van der Waals surface area contributed by atoms with Crippen LogP contribution >= 0.6 is 0 Å². The summed E-state index contributed by atoms with van der Waals surface area (Å²) in [6.07, 6.45) is 6.86. The van der Waals surface area contributed by atoms with Crippen LogP contribution in [0.5, 0.6) is 0 Å². The molecule has 1 aliphatic heterocycles. The van der Waals surface area contributed by atoms with Gasteiger partial charge in [0.25, 0.3) is 0 Å². The Labute approximate surface area is 116 Å². The smallest absolute Gasteiger partial charge is 0.243 e. The summed E-state index contributed by atoms with van der Waals surface area (Å²) in [5.74, 6) is 0.622. The van der Waals surface area contributed by atoms with Crippen LogP contribution in [0.1, 0.15) is 18.5 Å². The van der Waals surface area contributed by atoms with Gasteiger partial charge in [-0.05, 0) is 25.0 Å². The fraction of sp³-hybridized carbons (Fsp3) is 0.385. The van der Waals surface area contributed by atoms with Gasteiger partial charge in [0.05, 0.1) is 12.2 Å². The Morgan fingerprint density at radius 3 is 3.00 bits per heavy atom. The highest BCUT2D eigenvalue weighted by Crippen LogP contribution is 2.21. The number of H-pyrrole nitrogens is 1. The predicted molar refractivity (Wildman–Crippen MR) is 72.8 cm³/mol. The van der Waals surface area contributed by atoms with Gasteiger partial charge in [0.2, 0.25) is 11.9 Å². The van der Waals surface area contributed by atoms with Crippen LogP contribution in [0.4, 0.5) is 5.95 Å². The SMILES string of the molecule is O=C(NCc1ccn[nH]1)C1CCCN1c1ncccn1. The maximum atomic E-state index is 12.3. The first kappa shape index (κ1) is 12.6. The number of anilines is 1. The third-order valence-electron chi connectivity index (χ3n) is 3.38. The average Bonchev–Trinajstić information content (AvgIpc) is 3.17. The van der Waals surface area contributed by atoms with Gasteiger partial charge < -0.3 is 10.2 Å².